The number of esters is 2. The van der Waals surface area contributed by atoms with Gasteiger partial charge in [0.05, 0.1) is 0 Å². The maximum atomic E-state index is 12.2. The molecule has 0 bridgehead atoms. The molecule has 0 atom stereocenters. The summed E-state index contributed by atoms with van der Waals surface area (Å²) in [5.74, 6) is -0.319. The van der Waals surface area contributed by atoms with Crippen molar-refractivity contribution < 1.29 is 23.9 Å². The van der Waals surface area contributed by atoms with Crippen LogP contribution in [0.1, 0.15) is 30.0 Å². The Morgan fingerprint density at radius 3 is 1.89 bits per heavy atom. The second-order valence-electron chi connectivity index (χ2n) is 8.20. The summed E-state index contributed by atoms with van der Waals surface area (Å²) in [7, 11) is 0. The SMILES string of the molecule is C=CC(=O)OCc1ccc(OC(=O)CCc2ccc(-c3ccc(CC(=O)C(=C)C)cc3)cc2)cc1. The summed E-state index contributed by atoms with van der Waals surface area (Å²) < 4.78 is 10.4. The Morgan fingerprint density at radius 2 is 1.34 bits per heavy atom. The van der Waals surface area contributed by atoms with E-state index in [-0.39, 0.29) is 24.8 Å². The molecule has 0 N–H and O–H groups in total. The number of allylic oxidation sites excluding steroid dienone is 1. The molecular formula is C30H28O5. The highest BCUT2D eigenvalue weighted by Crippen LogP contribution is 2.22. The fraction of sp³-hybridized carbons (Fsp3) is 0.167. The van der Waals surface area contributed by atoms with E-state index in [9.17, 15) is 14.4 Å². The quantitative estimate of drug-likeness (QED) is 0.202. The van der Waals surface area contributed by atoms with E-state index in [4.69, 9.17) is 9.47 Å². The Bertz CT molecular complexity index is 1200. The molecule has 3 aromatic rings. The number of ether oxygens (including phenoxy) is 2. The molecule has 0 heterocycles. The molecule has 0 saturated carbocycles. The standard InChI is InChI=1S/C30H28O5/c1-4-29(32)34-20-24-9-16-27(17-10-24)35-30(33)18-11-22-5-12-25(13-6-22)26-14-7-23(8-15-26)19-28(31)21(2)3/h4-10,12-17H,1-2,11,18-20H2,3H3. The summed E-state index contributed by atoms with van der Waals surface area (Å²) in [6.45, 7) is 8.90. The summed E-state index contributed by atoms with van der Waals surface area (Å²) in [6.07, 6.45) is 2.29. The minimum Gasteiger partial charge on any atom is -0.458 e. The molecule has 3 aromatic carbocycles. The van der Waals surface area contributed by atoms with Gasteiger partial charge < -0.3 is 9.47 Å². The van der Waals surface area contributed by atoms with E-state index in [1.54, 1.807) is 31.2 Å². The minimum absolute atomic E-state index is 0.0455. The van der Waals surface area contributed by atoms with Crippen LogP contribution in [0.2, 0.25) is 0 Å². The fourth-order valence-electron chi connectivity index (χ4n) is 3.31. The maximum absolute atomic E-state index is 12.2. The van der Waals surface area contributed by atoms with Crippen LogP contribution in [0, 0.1) is 0 Å². The monoisotopic (exact) mass is 468 g/mol. The highest BCUT2D eigenvalue weighted by Gasteiger charge is 2.08. The highest BCUT2D eigenvalue weighted by molar-refractivity contribution is 5.95. The molecule has 0 radical (unpaired) electrons. The van der Waals surface area contributed by atoms with E-state index in [1.807, 2.05) is 48.5 Å². The van der Waals surface area contributed by atoms with Gasteiger partial charge in [0, 0.05) is 18.9 Å². The number of Topliss-reactive ketones (excluding diaryl/α,β-unsaturated/α-hetero) is 1. The van der Waals surface area contributed by atoms with Gasteiger partial charge in [-0.3, -0.25) is 9.59 Å². The van der Waals surface area contributed by atoms with Gasteiger partial charge >= 0.3 is 11.9 Å². The molecule has 0 unspecified atom stereocenters. The summed E-state index contributed by atoms with van der Waals surface area (Å²) in [5, 5.41) is 0. The van der Waals surface area contributed by atoms with Gasteiger partial charge in [-0.2, -0.15) is 0 Å². The smallest absolute Gasteiger partial charge is 0.330 e. The van der Waals surface area contributed by atoms with Crippen molar-refractivity contribution in [3.05, 3.63) is 114 Å². The second-order valence-corrected chi connectivity index (χ2v) is 8.20. The van der Waals surface area contributed by atoms with Gasteiger partial charge in [0.15, 0.2) is 5.78 Å². The number of carbonyl (C=O) groups excluding carboxylic acids is 3. The number of aryl methyl sites for hydroxylation is 1. The molecule has 5 nitrogen and oxygen atoms in total. The maximum Gasteiger partial charge on any atom is 0.330 e. The first-order valence-corrected chi connectivity index (χ1v) is 11.3. The molecular weight excluding hydrogens is 440 g/mol. The third kappa shape index (κ3) is 7.93. The minimum atomic E-state index is -0.488. The molecule has 0 saturated heterocycles. The normalized spacial score (nSPS) is 10.3. The Hall–Kier alpha value is -4.25. The molecule has 178 valence electrons. The number of rotatable bonds is 11. The highest BCUT2D eigenvalue weighted by atomic mass is 16.5. The van der Waals surface area contributed by atoms with Gasteiger partial charge in [-0.15, -0.1) is 0 Å². The third-order valence-corrected chi connectivity index (χ3v) is 5.40. The van der Waals surface area contributed by atoms with Gasteiger partial charge in [-0.25, -0.2) is 4.79 Å². The zero-order valence-electron chi connectivity index (χ0n) is 19.8. The Balaban J connectivity index is 1.48. The first-order chi connectivity index (χ1) is 16.8. The van der Waals surface area contributed by atoms with E-state index < -0.39 is 5.97 Å². The largest absolute Gasteiger partial charge is 0.458 e. The van der Waals surface area contributed by atoms with Crippen molar-refractivity contribution in [3.8, 4) is 16.9 Å². The number of hydrogen-bond acceptors (Lipinski definition) is 5. The predicted molar refractivity (Wildman–Crippen MR) is 136 cm³/mol. The summed E-state index contributed by atoms with van der Waals surface area (Å²) >= 11 is 0. The zero-order chi connectivity index (χ0) is 25.2. The van der Waals surface area contributed by atoms with Crippen molar-refractivity contribution in [2.24, 2.45) is 0 Å². The molecule has 3 rings (SSSR count). The lowest BCUT2D eigenvalue weighted by Crippen LogP contribution is -2.09. The number of hydrogen-bond donors (Lipinski definition) is 0. The van der Waals surface area contributed by atoms with Gasteiger partial charge in [-0.05, 0) is 58.9 Å². The molecule has 0 aliphatic carbocycles. The van der Waals surface area contributed by atoms with Gasteiger partial charge in [-0.1, -0.05) is 73.8 Å². The van der Waals surface area contributed by atoms with Gasteiger partial charge in [0.2, 0.25) is 0 Å². The number of ketones is 1. The van der Waals surface area contributed by atoms with Crippen molar-refractivity contribution >= 4 is 17.7 Å². The topological polar surface area (TPSA) is 69.7 Å². The predicted octanol–water partition coefficient (Wildman–Crippen LogP) is 5.81. The van der Waals surface area contributed by atoms with Crippen LogP contribution >= 0.6 is 0 Å². The van der Waals surface area contributed by atoms with Crippen LogP contribution < -0.4 is 4.74 Å². The Kier molecular flexibility index (Phi) is 8.90. The molecule has 0 aliphatic rings. The van der Waals surface area contributed by atoms with E-state index in [2.05, 4.69) is 13.2 Å². The molecule has 0 aromatic heterocycles. The van der Waals surface area contributed by atoms with Gasteiger partial charge in [0.25, 0.3) is 0 Å². The molecule has 35 heavy (non-hydrogen) atoms. The molecule has 0 amide bonds. The fourth-order valence-corrected chi connectivity index (χ4v) is 3.31. The van der Waals surface area contributed by atoms with Crippen LogP contribution in [0.3, 0.4) is 0 Å². The van der Waals surface area contributed by atoms with E-state index in [0.717, 1.165) is 33.9 Å². The van der Waals surface area contributed by atoms with Crippen molar-refractivity contribution in [1.82, 2.24) is 0 Å². The van der Waals surface area contributed by atoms with Crippen LogP contribution in [-0.4, -0.2) is 17.7 Å². The van der Waals surface area contributed by atoms with Gasteiger partial charge in [0.1, 0.15) is 12.4 Å². The first-order valence-electron chi connectivity index (χ1n) is 11.3. The molecule has 0 fully saturated rings. The van der Waals surface area contributed by atoms with Crippen molar-refractivity contribution in [1.29, 1.82) is 0 Å². The van der Waals surface area contributed by atoms with Crippen LogP contribution in [0.5, 0.6) is 5.75 Å². The van der Waals surface area contributed by atoms with Crippen molar-refractivity contribution in [2.45, 2.75) is 32.8 Å². The van der Waals surface area contributed by atoms with Crippen LogP contribution in [0.4, 0.5) is 0 Å². The van der Waals surface area contributed by atoms with Crippen molar-refractivity contribution in [2.75, 3.05) is 0 Å². The average molecular weight is 469 g/mol. The van der Waals surface area contributed by atoms with Crippen molar-refractivity contribution in [3.63, 3.8) is 0 Å². The number of benzene rings is 3. The Labute approximate surface area is 205 Å². The van der Waals surface area contributed by atoms with E-state index in [1.165, 1.54) is 0 Å². The molecule has 5 heteroatoms. The van der Waals surface area contributed by atoms with E-state index in [0.29, 0.717) is 24.2 Å². The lowest BCUT2D eigenvalue weighted by molar-refractivity contribution is -0.139. The van der Waals surface area contributed by atoms with Crippen LogP contribution in [-0.2, 0) is 38.6 Å². The van der Waals surface area contributed by atoms with Crippen LogP contribution in [0.25, 0.3) is 11.1 Å². The summed E-state index contributed by atoms with van der Waals surface area (Å²) in [5.41, 5.74) is 5.47. The average Bonchev–Trinajstić information content (AvgIpc) is 2.87. The lowest BCUT2D eigenvalue weighted by atomic mass is 9.99. The summed E-state index contributed by atoms with van der Waals surface area (Å²) in [6, 6.07) is 22.8. The molecule has 0 spiro atoms. The zero-order valence-corrected chi connectivity index (χ0v) is 19.8. The number of carbonyl (C=O) groups is 3. The lowest BCUT2D eigenvalue weighted by Gasteiger charge is -2.08. The Morgan fingerprint density at radius 1 is 0.800 bits per heavy atom. The third-order valence-electron chi connectivity index (χ3n) is 5.40. The molecule has 0 aliphatic heterocycles. The van der Waals surface area contributed by atoms with Crippen LogP contribution in [0.15, 0.2) is 97.6 Å². The second kappa shape index (κ2) is 12.3. The van der Waals surface area contributed by atoms with E-state index >= 15 is 0 Å². The summed E-state index contributed by atoms with van der Waals surface area (Å²) in [4.78, 5) is 35.2. The first kappa shape index (κ1) is 25.4.